The number of hydrogen-bond acceptors (Lipinski definition) is 3. The van der Waals surface area contributed by atoms with Gasteiger partial charge in [0.05, 0.1) is 0 Å². The molecule has 0 aliphatic heterocycles. The summed E-state index contributed by atoms with van der Waals surface area (Å²) in [5.74, 6) is 0.540. The highest BCUT2D eigenvalue weighted by Gasteiger charge is 2.19. The van der Waals surface area contributed by atoms with E-state index in [1.807, 2.05) is 40.7 Å². The van der Waals surface area contributed by atoms with Crippen LogP contribution in [0.1, 0.15) is 63.0 Å². The van der Waals surface area contributed by atoms with Crippen LogP contribution in [-0.4, -0.2) is 16.4 Å². The molecule has 3 N–H and O–H groups in total. The van der Waals surface area contributed by atoms with Gasteiger partial charge in [-0.2, -0.15) is 0 Å². The number of nitrogen functional groups attached to an aromatic ring is 1. The number of carbonyl (C=O) groups excluding carboxylic acids is 1. The van der Waals surface area contributed by atoms with Gasteiger partial charge in [0.1, 0.15) is 5.82 Å². The van der Waals surface area contributed by atoms with E-state index in [0.29, 0.717) is 11.4 Å². The van der Waals surface area contributed by atoms with Crippen molar-refractivity contribution in [2.24, 2.45) is 0 Å². The van der Waals surface area contributed by atoms with Crippen LogP contribution in [-0.2, 0) is 0 Å². The maximum absolute atomic E-state index is 12.2. The van der Waals surface area contributed by atoms with E-state index in [1.165, 1.54) is 0 Å². The van der Waals surface area contributed by atoms with Crippen molar-refractivity contribution < 1.29 is 4.79 Å². The monoisotopic (exact) mass is 249 g/mol. The SMILES string of the molecule is CCC(C)(C)NC(=O)c1cc(N)nc(C(C)C)c1. The van der Waals surface area contributed by atoms with Gasteiger partial charge in [-0.15, -0.1) is 0 Å². The van der Waals surface area contributed by atoms with Crippen LogP contribution in [0.4, 0.5) is 5.82 Å². The Bertz CT molecular complexity index is 439. The topological polar surface area (TPSA) is 68.0 Å². The molecule has 100 valence electrons. The Morgan fingerprint density at radius 1 is 1.44 bits per heavy atom. The Morgan fingerprint density at radius 3 is 2.56 bits per heavy atom. The van der Waals surface area contributed by atoms with Gasteiger partial charge in [0.2, 0.25) is 0 Å². The first-order chi connectivity index (χ1) is 8.25. The molecule has 1 aromatic heterocycles. The lowest BCUT2D eigenvalue weighted by Crippen LogP contribution is -2.42. The number of carbonyl (C=O) groups is 1. The molecule has 1 aromatic rings. The molecule has 0 bridgehead atoms. The van der Waals surface area contributed by atoms with Crippen LogP contribution in [0, 0.1) is 0 Å². The van der Waals surface area contributed by atoms with Gasteiger partial charge in [-0.3, -0.25) is 4.79 Å². The highest BCUT2D eigenvalue weighted by Crippen LogP contribution is 2.17. The standard InChI is InChI=1S/C14H23N3O/c1-6-14(4,5)17-13(18)10-7-11(9(2)3)16-12(15)8-10/h7-9H,6H2,1-5H3,(H2,15,16)(H,17,18). The van der Waals surface area contributed by atoms with Gasteiger partial charge in [-0.1, -0.05) is 20.8 Å². The number of pyridine rings is 1. The van der Waals surface area contributed by atoms with Crippen molar-refractivity contribution in [1.29, 1.82) is 0 Å². The number of nitrogens with zero attached hydrogens (tertiary/aromatic N) is 1. The first kappa shape index (κ1) is 14.5. The third kappa shape index (κ3) is 3.72. The maximum Gasteiger partial charge on any atom is 0.251 e. The van der Waals surface area contributed by atoms with Crippen LogP contribution in [0.3, 0.4) is 0 Å². The smallest absolute Gasteiger partial charge is 0.251 e. The van der Waals surface area contributed by atoms with Crippen LogP contribution in [0.2, 0.25) is 0 Å². The van der Waals surface area contributed by atoms with E-state index in [0.717, 1.165) is 12.1 Å². The summed E-state index contributed by atoms with van der Waals surface area (Å²) in [6, 6.07) is 3.43. The van der Waals surface area contributed by atoms with E-state index in [2.05, 4.69) is 10.3 Å². The van der Waals surface area contributed by atoms with Crippen LogP contribution in [0.5, 0.6) is 0 Å². The lowest BCUT2D eigenvalue weighted by atomic mass is 10.0. The Morgan fingerprint density at radius 2 is 2.06 bits per heavy atom. The third-order valence-corrected chi connectivity index (χ3v) is 3.05. The number of nitrogens with two attached hydrogens (primary N) is 1. The van der Waals surface area contributed by atoms with E-state index >= 15 is 0 Å². The molecule has 0 aliphatic carbocycles. The summed E-state index contributed by atoms with van der Waals surface area (Å²) in [5, 5.41) is 2.99. The molecule has 0 radical (unpaired) electrons. The Balaban J connectivity index is 2.99. The Hall–Kier alpha value is -1.58. The number of hydrogen-bond donors (Lipinski definition) is 2. The van der Waals surface area contributed by atoms with Gasteiger partial charge in [0, 0.05) is 16.8 Å². The lowest BCUT2D eigenvalue weighted by Gasteiger charge is -2.24. The molecule has 0 unspecified atom stereocenters. The number of rotatable bonds is 4. The first-order valence-electron chi connectivity index (χ1n) is 6.35. The van der Waals surface area contributed by atoms with Crippen LogP contribution < -0.4 is 11.1 Å². The summed E-state index contributed by atoms with van der Waals surface area (Å²) >= 11 is 0. The average molecular weight is 249 g/mol. The van der Waals surface area contributed by atoms with Crippen LogP contribution in [0.25, 0.3) is 0 Å². The van der Waals surface area contributed by atoms with E-state index in [4.69, 9.17) is 5.73 Å². The number of nitrogens with one attached hydrogen (secondary N) is 1. The van der Waals surface area contributed by atoms with Gasteiger partial charge in [0.15, 0.2) is 0 Å². The fourth-order valence-electron chi connectivity index (χ4n) is 1.47. The van der Waals surface area contributed by atoms with Gasteiger partial charge in [-0.05, 0) is 38.3 Å². The fourth-order valence-corrected chi connectivity index (χ4v) is 1.47. The highest BCUT2D eigenvalue weighted by molar-refractivity contribution is 5.95. The van der Waals surface area contributed by atoms with Gasteiger partial charge in [-0.25, -0.2) is 4.98 Å². The maximum atomic E-state index is 12.2. The largest absolute Gasteiger partial charge is 0.384 e. The minimum Gasteiger partial charge on any atom is -0.384 e. The van der Waals surface area contributed by atoms with Crippen molar-refractivity contribution in [3.05, 3.63) is 23.4 Å². The highest BCUT2D eigenvalue weighted by atomic mass is 16.1. The third-order valence-electron chi connectivity index (χ3n) is 3.05. The van der Waals surface area contributed by atoms with Crippen molar-refractivity contribution in [1.82, 2.24) is 10.3 Å². The summed E-state index contributed by atoms with van der Waals surface area (Å²) in [7, 11) is 0. The van der Waals surface area contributed by atoms with E-state index in [1.54, 1.807) is 6.07 Å². The summed E-state index contributed by atoms with van der Waals surface area (Å²) in [6.07, 6.45) is 0.871. The quantitative estimate of drug-likeness (QED) is 0.862. The van der Waals surface area contributed by atoms with E-state index in [9.17, 15) is 4.79 Å². The predicted molar refractivity (Wildman–Crippen MR) is 74.6 cm³/mol. The Labute approximate surface area is 109 Å². The molecule has 4 nitrogen and oxygen atoms in total. The Kier molecular flexibility index (Phi) is 4.33. The van der Waals surface area contributed by atoms with E-state index < -0.39 is 0 Å². The lowest BCUT2D eigenvalue weighted by molar-refractivity contribution is 0.0911. The summed E-state index contributed by atoms with van der Waals surface area (Å²) in [4.78, 5) is 16.4. The molecule has 0 spiro atoms. The predicted octanol–water partition coefficient (Wildman–Crippen LogP) is 2.71. The van der Waals surface area contributed by atoms with Crippen LogP contribution in [0.15, 0.2) is 12.1 Å². The molecule has 0 aliphatic rings. The van der Waals surface area contributed by atoms with Crippen molar-refractivity contribution in [2.75, 3.05) is 5.73 Å². The van der Waals surface area contributed by atoms with Crippen molar-refractivity contribution in [2.45, 2.75) is 52.5 Å². The zero-order valence-corrected chi connectivity index (χ0v) is 11.9. The second-order valence-electron chi connectivity index (χ2n) is 5.55. The molecule has 1 amide bonds. The molecule has 0 fully saturated rings. The summed E-state index contributed by atoms with van der Waals surface area (Å²) in [6.45, 7) is 10.1. The van der Waals surface area contributed by atoms with Gasteiger partial charge >= 0.3 is 0 Å². The second-order valence-corrected chi connectivity index (χ2v) is 5.55. The molecule has 0 saturated carbocycles. The van der Waals surface area contributed by atoms with Crippen molar-refractivity contribution in [3.8, 4) is 0 Å². The van der Waals surface area contributed by atoms with Crippen LogP contribution >= 0.6 is 0 Å². The summed E-state index contributed by atoms with van der Waals surface area (Å²) in [5.41, 5.74) is 6.94. The molecular weight excluding hydrogens is 226 g/mol. The molecule has 18 heavy (non-hydrogen) atoms. The van der Waals surface area contributed by atoms with Crippen molar-refractivity contribution >= 4 is 11.7 Å². The number of amides is 1. The molecule has 1 heterocycles. The normalized spacial score (nSPS) is 11.7. The second kappa shape index (κ2) is 5.38. The zero-order valence-electron chi connectivity index (χ0n) is 11.9. The van der Waals surface area contributed by atoms with Crippen molar-refractivity contribution in [3.63, 3.8) is 0 Å². The molecule has 4 heteroatoms. The minimum absolute atomic E-state index is 0.0992. The molecule has 0 saturated heterocycles. The van der Waals surface area contributed by atoms with Gasteiger partial charge < -0.3 is 11.1 Å². The minimum atomic E-state index is -0.215. The first-order valence-corrected chi connectivity index (χ1v) is 6.35. The summed E-state index contributed by atoms with van der Waals surface area (Å²) < 4.78 is 0. The molecule has 0 aromatic carbocycles. The molecule has 1 rings (SSSR count). The average Bonchev–Trinajstić information content (AvgIpc) is 2.27. The fraction of sp³-hybridized carbons (Fsp3) is 0.571. The van der Waals surface area contributed by atoms with E-state index in [-0.39, 0.29) is 17.4 Å². The number of aromatic nitrogens is 1. The molecule has 0 atom stereocenters. The number of anilines is 1. The zero-order chi connectivity index (χ0) is 13.9. The molecular formula is C14H23N3O. The van der Waals surface area contributed by atoms with Gasteiger partial charge in [0.25, 0.3) is 5.91 Å².